The Morgan fingerprint density at radius 3 is 2.61 bits per heavy atom. The number of hydrogen-bond acceptors (Lipinski definition) is 5. The number of carbonyl (C=O) groups is 1. The molecule has 1 fully saturated rings. The molecule has 1 aliphatic rings. The minimum atomic E-state index is 0.207. The van der Waals surface area contributed by atoms with E-state index in [1.807, 2.05) is 11.8 Å². The summed E-state index contributed by atoms with van der Waals surface area (Å²) in [5, 5.41) is 0.911. The van der Waals surface area contributed by atoms with E-state index in [0.29, 0.717) is 13.0 Å². The molecule has 2 N–H and O–H groups in total. The molecule has 1 aromatic heterocycles. The number of piperazine rings is 1. The van der Waals surface area contributed by atoms with Crippen LogP contribution in [0.15, 0.2) is 0 Å². The van der Waals surface area contributed by atoms with Crippen LogP contribution in [-0.4, -0.2) is 53.9 Å². The first-order valence-corrected chi connectivity index (χ1v) is 7.03. The number of aryl methyl sites for hydroxylation is 1. The number of nitrogens with zero attached hydrogens (tertiary/aromatic N) is 3. The van der Waals surface area contributed by atoms with Crippen LogP contribution >= 0.6 is 11.3 Å². The zero-order valence-corrected chi connectivity index (χ0v) is 11.8. The molecular weight excluding hydrogens is 248 g/mol. The summed E-state index contributed by atoms with van der Waals surface area (Å²) in [5.74, 6) is 0.207. The Morgan fingerprint density at radius 2 is 2.06 bits per heavy atom. The summed E-state index contributed by atoms with van der Waals surface area (Å²) in [6, 6.07) is 0. The first kappa shape index (κ1) is 13.5. The van der Waals surface area contributed by atoms with E-state index in [1.54, 1.807) is 11.3 Å². The second kappa shape index (κ2) is 5.77. The molecule has 2 heterocycles. The van der Waals surface area contributed by atoms with E-state index in [0.717, 1.165) is 41.8 Å². The predicted octanol–water partition coefficient (Wildman–Crippen LogP) is 0.227. The first-order chi connectivity index (χ1) is 8.60. The lowest BCUT2D eigenvalue weighted by molar-refractivity contribution is -0.131. The van der Waals surface area contributed by atoms with Crippen LogP contribution in [0.4, 0.5) is 0 Å². The number of likely N-dealkylation sites (N-methyl/N-ethyl adjacent to an activating group) is 1. The number of amides is 1. The fourth-order valence-electron chi connectivity index (χ4n) is 2.04. The van der Waals surface area contributed by atoms with Crippen LogP contribution in [-0.2, 0) is 17.8 Å². The van der Waals surface area contributed by atoms with Crippen LogP contribution in [0.5, 0.6) is 0 Å². The SMILES string of the molecule is Cc1nc(CN)sc1CC(=O)N1CCN(C)CC1. The van der Waals surface area contributed by atoms with Gasteiger partial charge >= 0.3 is 0 Å². The van der Waals surface area contributed by atoms with Gasteiger partial charge in [-0.05, 0) is 14.0 Å². The Kier molecular flexibility index (Phi) is 4.31. The van der Waals surface area contributed by atoms with E-state index in [9.17, 15) is 4.79 Å². The maximum atomic E-state index is 12.2. The maximum absolute atomic E-state index is 12.2. The molecule has 100 valence electrons. The molecule has 1 saturated heterocycles. The summed E-state index contributed by atoms with van der Waals surface area (Å²) in [4.78, 5) is 21.8. The Morgan fingerprint density at radius 1 is 1.39 bits per heavy atom. The minimum absolute atomic E-state index is 0.207. The van der Waals surface area contributed by atoms with Gasteiger partial charge in [0.1, 0.15) is 5.01 Å². The van der Waals surface area contributed by atoms with Crippen LogP contribution in [0.2, 0.25) is 0 Å². The Hall–Kier alpha value is -0.980. The van der Waals surface area contributed by atoms with Crippen LogP contribution in [0.25, 0.3) is 0 Å². The third-order valence-corrected chi connectivity index (χ3v) is 4.46. The highest BCUT2D eigenvalue weighted by atomic mass is 32.1. The molecule has 0 radical (unpaired) electrons. The van der Waals surface area contributed by atoms with Crippen molar-refractivity contribution in [3.63, 3.8) is 0 Å². The lowest BCUT2D eigenvalue weighted by Gasteiger charge is -2.32. The van der Waals surface area contributed by atoms with Gasteiger partial charge in [0.2, 0.25) is 5.91 Å². The molecule has 0 atom stereocenters. The number of nitrogens with two attached hydrogens (primary N) is 1. The Bertz CT molecular complexity index is 424. The molecule has 1 aromatic rings. The average Bonchev–Trinajstić information content (AvgIpc) is 2.71. The van der Waals surface area contributed by atoms with Crippen molar-refractivity contribution in [2.24, 2.45) is 5.73 Å². The van der Waals surface area contributed by atoms with E-state index in [1.165, 1.54) is 0 Å². The van der Waals surface area contributed by atoms with Crippen molar-refractivity contribution < 1.29 is 4.79 Å². The van der Waals surface area contributed by atoms with Gasteiger partial charge in [-0.2, -0.15) is 0 Å². The predicted molar refractivity (Wildman–Crippen MR) is 72.5 cm³/mol. The van der Waals surface area contributed by atoms with Crippen molar-refractivity contribution in [1.82, 2.24) is 14.8 Å². The molecule has 1 aliphatic heterocycles. The second-order valence-electron chi connectivity index (χ2n) is 4.68. The number of aromatic nitrogens is 1. The summed E-state index contributed by atoms with van der Waals surface area (Å²) in [5.41, 5.74) is 6.52. The number of thiazole rings is 1. The molecule has 5 nitrogen and oxygen atoms in total. The fourth-order valence-corrected chi connectivity index (χ4v) is 2.98. The van der Waals surface area contributed by atoms with Crippen molar-refractivity contribution in [3.8, 4) is 0 Å². The van der Waals surface area contributed by atoms with Crippen molar-refractivity contribution >= 4 is 17.2 Å². The fraction of sp³-hybridized carbons (Fsp3) is 0.667. The smallest absolute Gasteiger partial charge is 0.227 e. The molecule has 0 unspecified atom stereocenters. The van der Waals surface area contributed by atoms with E-state index in [2.05, 4.69) is 16.9 Å². The zero-order valence-electron chi connectivity index (χ0n) is 11.0. The van der Waals surface area contributed by atoms with Gasteiger partial charge in [-0.1, -0.05) is 0 Å². The molecule has 6 heteroatoms. The molecule has 0 aliphatic carbocycles. The van der Waals surface area contributed by atoms with Crippen molar-refractivity contribution in [2.75, 3.05) is 33.2 Å². The quantitative estimate of drug-likeness (QED) is 0.852. The highest BCUT2D eigenvalue weighted by Crippen LogP contribution is 2.19. The molecule has 0 spiro atoms. The minimum Gasteiger partial charge on any atom is -0.340 e. The van der Waals surface area contributed by atoms with Crippen molar-refractivity contribution in [3.05, 3.63) is 15.6 Å². The Balaban J connectivity index is 1.96. The third kappa shape index (κ3) is 3.07. The van der Waals surface area contributed by atoms with Gasteiger partial charge < -0.3 is 15.5 Å². The molecule has 2 rings (SSSR count). The standard InChI is InChI=1S/C12H20N4OS/c1-9-10(18-11(8-13)14-9)7-12(17)16-5-3-15(2)4-6-16/h3-8,13H2,1-2H3. The van der Waals surface area contributed by atoms with Gasteiger partial charge in [0.15, 0.2) is 0 Å². The van der Waals surface area contributed by atoms with Crippen LogP contribution in [0, 0.1) is 6.92 Å². The van der Waals surface area contributed by atoms with Gasteiger partial charge in [-0.25, -0.2) is 4.98 Å². The summed E-state index contributed by atoms with van der Waals surface area (Å²) < 4.78 is 0. The van der Waals surface area contributed by atoms with E-state index >= 15 is 0 Å². The molecule has 0 aromatic carbocycles. The van der Waals surface area contributed by atoms with Crippen molar-refractivity contribution in [1.29, 1.82) is 0 Å². The van der Waals surface area contributed by atoms with Gasteiger partial charge in [0.05, 0.1) is 12.1 Å². The highest BCUT2D eigenvalue weighted by molar-refractivity contribution is 7.11. The molecule has 18 heavy (non-hydrogen) atoms. The summed E-state index contributed by atoms with van der Waals surface area (Å²) >= 11 is 1.56. The lowest BCUT2D eigenvalue weighted by atomic mass is 10.2. The van der Waals surface area contributed by atoms with E-state index in [4.69, 9.17) is 5.73 Å². The van der Waals surface area contributed by atoms with Gasteiger partial charge in [0.25, 0.3) is 0 Å². The van der Waals surface area contributed by atoms with Gasteiger partial charge in [-0.3, -0.25) is 4.79 Å². The zero-order chi connectivity index (χ0) is 13.1. The van der Waals surface area contributed by atoms with Crippen LogP contribution < -0.4 is 5.73 Å². The molecule has 0 saturated carbocycles. The second-order valence-corrected chi connectivity index (χ2v) is 5.85. The number of rotatable bonds is 3. The molecular formula is C12H20N4OS. The monoisotopic (exact) mass is 268 g/mol. The number of hydrogen-bond donors (Lipinski definition) is 1. The maximum Gasteiger partial charge on any atom is 0.227 e. The average molecular weight is 268 g/mol. The highest BCUT2D eigenvalue weighted by Gasteiger charge is 2.20. The van der Waals surface area contributed by atoms with Crippen molar-refractivity contribution in [2.45, 2.75) is 19.9 Å². The van der Waals surface area contributed by atoms with E-state index < -0.39 is 0 Å². The van der Waals surface area contributed by atoms with Gasteiger partial charge in [0, 0.05) is 37.6 Å². The van der Waals surface area contributed by atoms with Gasteiger partial charge in [-0.15, -0.1) is 11.3 Å². The third-order valence-electron chi connectivity index (χ3n) is 3.28. The lowest BCUT2D eigenvalue weighted by Crippen LogP contribution is -2.47. The Labute approximate surface area is 112 Å². The van der Waals surface area contributed by atoms with E-state index in [-0.39, 0.29) is 5.91 Å². The largest absolute Gasteiger partial charge is 0.340 e. The summed E-state index contributed by atoms with van der Waals surface area (Å²) in [6.07, 6.45) is 0.465. The molecule has 0 bridgehead atoms. The first-order valence-electron chi connectivity index (χ1n) is 6.21. The number of carbonyl (C=O) groups excluding carboxylic acids is 1. The topological polar surface area (TPSA) is 62.5 Å². The summed E-state index contributed by atoms with van der Waals surface area (Å²) in [6.45, 7) is 5.98. The molecule has 1 amide bonds. The van der Waals surface area contributed by atoms with Crippen LogP contribution in [0.1, 0.15) is 15.6 Å². The normalized spacial score (nSPS) is 17.2. The summed E-state index contributed by atoms with van der Waals surface area (Å²) in [7, 11) is 2.09. The van der Waals surface area contributed by atoms with Crippen LogP contribution in [0.3, 0.4) is 0 Å².